The minimum Gasteiger partial charge on any atom is -0.396 e. The summed E-state index contributed by atoms with van der Waals surface area (Å²) in [4.78, 5) is 11.8. The van der Waals surface area contributed by atoms with E-state index in [0.717, 1.165) is 18.5 Å². The largest absolute Gasteiger partial charge is 0.396 e. The third kappa shape index (κ3) is 5.30. The van der Waals surface area contributed by atoms with Crippen molar-refractivity contribution in [3.63, 3.8) is 0 Å². The number of hydrogen-bond acceptors (Lipinski definition) is 2. The molecular weight excluding hydrogens is 240 g/mol. The molecule has 0 aromatic heterocycles. The lowest BCUT2D eigenvalue weighted by molar-refractivity contribution is 0.245. The van der Waals surface area contributed by atoms with Crippen LogP contribution in [-0.4, -0.2) is 23.8 Å². The predicted octanol–water partition coefficient (Wildman–Crippen LogP) is 2.84. The van der Waals surface area contributed by atoms with Gasteiger partial charge >= 0.3 is 6.03 Å². The minimum absolute atomic E-state index is 0.0586. The standard InChI is InChI=1S/C15H24N2O2/c1-4-13-10-14(8-7-11(13)2)17-15(19)16-12(3)6-5-9-18/h7-8,10,12,18H,4-6,9H2,1-3H3,(H2,16,17,19). The highest BCUT2D eigenvalue weighted by Gasteiger charge is 2.07. The number of aliphatic hydroxyl groups is 1. The summed E-state index contributed by atoms with van der Waals surface area (Å²) in [7, 11) is 0. The Hall–Kier alpha value is -1.55. The summed E-state index contributed by atoms with van der Waals surface area (Å²) in [5.41, 5.74) is 3.30. The Morgan fingerprint density at radius 1 is 1.42 bits per heavy atom. The highest BCUT2D eigenvalue weighted by atomic mass is 16.3. The van der Waals surface area contributed by atoms with Gasteiger partial charge in [-0.3, -0.25) is 0 Å². The van der Waals surface area contributed by atoms with Crippen LogP contribution in [0.3, 0.4) is 0 Å². The molecule has 19 heavy (non-hydrogen) atoms. The molecule has 0 radical (unpaired) electrons. The molecule has 106 valence electrons. The van der Waals surface area contributed by atoms with Crippen molar-refractivity contribution in [3.8, 4) is 0 Å². The van der Waals surface area contributed by atoms with E-state index in [1.807, 2.05) is 25.1 Å². The van der Waals surface area contributed by atoms with Crippen LogP contribution >= 0.6 is 0 Å². The highest BCUT2D eigenvalue weighted by molar-refractivity contribution is 5.89. The monoisotopic (exact) mass is 264 g/mol. The zero-order chi connectivity index (χ0) is 14.3. The van der Waals surface area contributed by atoms with Gasteiger partial charge in [-0.05, 0) is 56.4 Å². The summed E-state index contributed by atoms with van der Waals surface area (Å²) in [6.07, 6.45) is 2.43. The molecule has 0 saturated carbocycles. The van der Waals surface area contributed by atoms with E-state index in [2.05, 4.69) is 24.5 Å². The van der Waals surface area contributed by atoms with Crippen LogP contribution in [0.25, 0.3) is 0 Å². The lowest BCUT2D eigenvalue weighted by Gasteiger charge is -2.15. The van der Waals surface area contributed by atoms with E-state index in [9.17, 15) is 4.79 Å². The van der Waals surface area contributed by atoms with Gasteiger partial charge in [-0.25, -0.2) is 4.79 Å². The summed E-state index contributed by atoms with van der Waals surface area (Å²) in [6.45, 7) is 6.26. The Morgan fingerprint density at radius 2 is 2.16 bits per heavy atom. The Bertz CT molecular complexity index is 419. The van der Waals surface area contributed by atoms with E-state index < -0.39 is 0 Å². The molecule has 1 atom stereocenters. The van der Waals surface area contributed by atoms with E-state index in [-0.39, 0.29) is 18.7 Å². The molecule has 0 aliphatic rings. The van der Waals surface area contributed by atoms with Crippen molar-refractivity contribution in [2.45, 2.75) is 46.1 Å². The third-order valence-corrected chi connectivity index (χ3v) is 3.16. The van der Waals surface area contributed by atoms with Crippen molar-refractivity contribution < 1.29 is 9.90 Å². The molecule has 2 amide bonds. The number of anilines is 1. The van der Waals surface area contributed by atoms with Crippen LogP contribution in [0.1, 0.15) is 37.8 Å². The molecule has 0 fully saturated rings. The van der Waals surface area contributed by atoms with Crippen molar-refractivity contribution in [2.75, 3.05) is 11.9 Å². The Balaban J connectivity index is 2.52. The lowest BCUT2D eigenvalue weighted by Crippen LogP contribution is -2.36. The van der Waals surface area contributed by atoms with Crippen molar-refractivity contribution in [1.82, 2.24) is 5.32 Å². The van der Waals surface area contributed by atoms with Gasteiger partial charge in [0, 0.05) is 18.3 Å². The summed E-state index contributed by atoms with van der Waals surface area (Å²) in [5, 5.41) is 14.4. The first kappa shape index (κ1) is 15.5. The van der Waals surface area contributed by atoms with Crippen LogP contribution in [-0.2, 0) is 6.42 Å². The van der Waals surface area contributed by atoms with Crippen molar-refractivity contribution >= 4 is 11.7 Å². The quantitative estimate of drug-likeness (QED) is 0.740. The third-order valence-electron chi connectivity index (χ3n) is 3.16. The lowest BCUT2D eigenvalue weighted by atomic mass is 10.1. The summed E-state index contributed by atoms with van der Waals surface area (Å²) in [6, 6.07) is 5.79. The number of urea groups is 1. The van der Waals surface area contributed by atoms with Crippen LogP contribution in [0.5, 0.6) is 0 Å². The molecule has 1 aromatic carbocycles. The molecule has 4 heteroatoms. The maximum atomic E-state index is 11.8. The smallest absolute Gasteiger partial charge is 0.319 e. The van der Waals surface area contributed by atoms with Crippen LogP contribution in [0.15, 0.2) is 18.2 Å². The van der Waals surface area contributed by atoms with Crippen molar-refractivity contribution in [1.29, 1.82) is 0 Å². The van der Waals surface area contributed by atoms with Gasteiger partial charge in [-0.2, -0.15) is 0 Å². The van der Waals surface area contributed by atoms with Gasteiger partial charge in [0.15, 0.2) is 0 Å². The number of carbonyl (C=O) groups excluding carboxylic acids is 1. The van der Waals surface area contributed by atoms with Gasteiger partial charge in [-0.15, -0.1) is 0 Å². The van der Waals surface area contributed by atoms with E-state index in [1.165, 1.54) is 11.1 Å². The van der Waals surface area contributed by atoms with Crippen LogP contribution < -0.4 is 10.6 Å². The molecule has 0 aliphatic carbocycles. The second-order valence-corrected chi connectivity index (χ2v) is 4.86. The minimum atomic E-state index is -0.198. The normalized spacial score (nSPS) is 12.0. The molecule has 3 N–H and O–H groups in total. The number of aliphatic hydroxyl groups excluding tert-OH is 1. The summed E-state index contributed by atoms with van der Waals surface area (Å²) in [5.74, 6) is 0. The molecular formula is C15H24N2O2. The first-order valence-electron chi connectivity index (χ1n) is 6.84. The molecule has 0 saturated heterocycles. The van der Waals surface area contributed by atoms with E-state index in [4.69, 9.17) is 5.11 Å². The first-order chi connectivity index (χ1) is 9.06. The number of carbonyl (C=O) groups is 1. The first-order valence-corrected chi connectivity index (χ1v) is 6.84. The Kier molecular flexibility index (Phi) is 6.36. The molecule has 1 unspecified atom stereocenters. The molecule has 1 rings (SSSR count). The zero-order valence-electron chi connectivity index (χ0n) is 12.0. The fourth-order valence-corrected chi connectivity index (χ4v) is 1.99. The van der Waals surface area contributed by atoms with E-state index >= 15 is 0 Å². The van der Waals surface area contributed by atoms with E-state index in [0.29, 0.717) is 6.42 Å². The van der Waals surface area contributed by atoms with Gasteiger partial charge in [0.1, 0.15) is 0 Å². The van der Waals surface area contributed by atoms with Crippen LogP contribution in [0.4, 0.5) is 10.5 Å². The number of benzene rings is 1. The predicted molar refractivity (Wildman–Crippen MR) is 78.5 cm³/mol. The molecule has 0 aliphatic heterocycles. The van der Waals surface area contributed by atoms with Crippen molar-refractivity contribution in [2.24, 2.45) is 0 Å². The Morgan fingerprint density at radius 3 is 2.79 bits per heavy atom. The number of rotatable bonds is 6. The summed E-state index contributed by atoms with van der Waals surface area (Å²) < 4.78 is 0. The van der Waals surface area contributed by atoms with Gasteiger partial charge in [0.05, 0.1) is 0 Å². The average Bonchev–Trinajstić information content (AvgIpc) is 2.38. The van der Waals surface area contributed by atoms with Gasteiger partial charge in [0.25, 0.3) is 0 Å². The van der Waals surface area contributed by atoms with E-state index in [1.54, 1.807) is 0 Å². The van der Waals surface area contributed by atoms with Crippen LogP contribution in [0.2, 0.25) is 0 Å². The fourth-order valence-electron chi connectivity index (χ4n) is 1.99. The topological polar surface area (TPSA) is 61.4 Å². The highest BCUT2D eigenvalue weighted by Crippen LogP contribution is 2.15. The SMILES string of the molecule is CCc1cc(NC(=O)NC(C)CCCO)ccc1C. The maximum Gasteiger partial charge on any atom is 0.319 e. The molecule has 0 bridgehead atoms. The fraction of sp³-hybridized carbons (Fsp3) is 0.533. The maximum absolute atomic E-state index is 11.8. The zero-order valence-corrected chi connectivity index (χ0v) is 12.0. The van der Waals surface area contributed by atoms with Gasteiger partial charge in [-0.1, -0.05) is 13.0 Å². The van der Waals surface area contributed by atoms with Crippen LogP contribution in [0, 0.1) is 6.92 Å². The number of hydrogen-bond donors (Lipinski definition) is 3. The van der Waals surface area contributed by atoms with Gasteiger partial charge < -0.3 is 15.7 Å². The summed E-state index contributed by atoms with van der Waals surface area (Å²) >= 11 is 0. The number of amides is 2. The molecule has 1 aromatic rings. The molecule has 0 spiro atoms. The molecule has 4 nitrogen and oxygen atoms in total. The number of nitrogens with one attached hydrogen (secondary N) is 2. The average molecular weight is 264 g/mol. The number of aryl methyl sites for hydroxylation is 2. The van der Waals surface area contributed by atoms with Crippen molar-refractivity contribution in [3.05, 3.63) is 29.3 Å². The second kappa shape index (κ2) is 7.79. The van der Waals surface area contributed by atoms with Gasteiger partial charge in [0.2, 0.25) is 0 Å². The second-order valence-electron chi connectivity index (χ2n) is 4.86. The molecule has 0 heterocycles. The Labute approximate surface area is 115 Å².